The topological polar surface area (TPSA) is 63.6 Å². The molecule has 2 aromatic heterocycles. The predicted molar refractivity (Wildman–Crippen MR) is 57.2 cm³/mol. The number of aromatic nitrogens is 4. The van der Waals surface area contributed by atoms with Crippen LogP contribution < -0.4 is 5.32 Å². The molecule has 5 heteroatoms. The number of nitrogens with one attached hydrogen (secondary N) is 1. The Morgan fingerprint density at radius 2 is 1.87 bits per heavy atom. The first-order valence-electron chi connectivity index (χ1n) is 4.73. The largest absolute Gasteiger partial charge is 0.368 e. The van der Waals surface area contributed by atoms with E-state index in [0.717, 1.165) is 23.8 Å². The third-order valence-corrected chi connectivity index (χ3v) is 1.85. The smallest absolute Gasteiger partial charge is 0.154 e. The molecule has 5 nitrogen and oxygen atoms in total. The highest BCUT2D eigenvalue weighted by Gasteiger charge is 2.07. The molecule has 0 spiro atoms. The van der Waals surface area contributed by atoms with Crippen molar-refractivity contribution in [3.8, 4) is 11.4 Å². The Labute approximate surface area is 87.6 Å². The van der Waals surface area contributed by atoms with Crippen LogP contribution in [-0.4, -0.2) is 26.5 Å². The summed E-state index contributed by atoms with van der Waals surface area (Å²) in [6, 6.07) is 0. The molecule has 76 valence electrons. The van der Waals surface area contributed by atoms with E-state index in [1.807, 2.05) is 6.92 Å². The van der Waals surface area contributed by atoms with Crippen LogP contribution in [0.2, 0.25) is 0 Å². The molecule has 0 saturated carbocycles. The highest BCUT2D eigenvalue weighted by atomic mass is 15.0. The molecule has 0 radical (unpaired) electrons. The van der Waals surface area contributed by atoms with E-state index in [2.05, 4.69) is 25.3 Å². The van der Waals surface area contributed by atoms with E-state index in [1.54, 1.807) is 31.0 Å². The molecule has 0 aromatic carbocycles. The zero-order valence-electron chi connectivity index (χ0n) is 8.38. The van der Waals surface area contributed by atoms with Crippen molar-refractivity contribution in [2.75, 3.05) is 11.9 Å². The molecule has 0 aliphatic rings. The number of hydrogen-bond acceptors (Lipinski definition) is 5. The van der Waals surface area contributed by atoms with Crippen LogP contribution in [-0.2, 0) is 0 Å². The predicted octanol–water partition coefficient (Wildman–Crippen LogP) is 1.37. The van der Waals surface area contributed by atoms with Crippen molar-refractivity contribution in [2.24, 2.45) is 0 Å². The number of rotatable bonds is 3. The highest BCUT2D eigenvalue weighted by Crippen LogP contribution is 2.19. The standard InChI is InChI=1S/C10H11N5/c1-2-12-10-9(14-5-6-15-10)8-7-11-3-4-13-8/h3-7H,2H2,1H3,(H,12,15). The van der Waals surface area contributed by atoms with Crippen molar-refractivity contribution < 1.29 is 0 Å². The average Bonchev–Trinajstić information content (AvgIpc) is 2.31. The lowest BCUT2D eigenvalue weighted by atomic mass is 10.3. The lowest BCUT2D eigenvalue weighted by Crippen LogP contribution is -2.03. The fourth-order valence-corrected chi connectivity index (χ4v) is 1.24. The first-order valence-corrected chi connectivity index (χ1v) is 4.73. The van der Waals surface area contributed by atoms with Crippen molar-refractivity contribution in [3.05, 3.63) is 31.0 Å². The Bertz CT molecular complexity index is 429. The Morgan fingerprint density at radius 3 is 2.60 bits per heavy atom. The van der Waals surface area contributed by atoms with Gasteiger partial charge in [0.15, 0.2) is 5.82 Å². The van der Waals surface area contributed by atoms with Crippen LogP contribution in [0.5, 0.6) is 0 Å². The van der Waals surface area contributed by atoms with Crippen molar-refractivity contribution >= 4 is 5.82 Å². The molecule has 2 heterocycles. The van der Waals surface area contributed by atoms with Crippen LogP contribution in [0, 0.1) is 0 Å². The van der Waals surface area contributed by atoms with Gasteiger partial charge in [0.05, 0.1) is 6.20 Å². The molecule has 0 saturated heterocycles. The van der Waals surface area contributed by atoms with Gasteiger partial charge in [-0.3, -0.25) is 9.97 Å². The van der Waals surface area contributed by atoms with Crippen LogP contribution in [0.15, 0.2) is 31.0 Å². The molecular weight excluding hydrogens is 190 g/mol. The summed E-state index contributed by atoms with van der Waals surface area (Å²) in [7, 11) is 0. The molecule has 0 aliphatic carbocycles. The summed E-state index contributed by atoms with van der Waals surface area (Å²) in [4.78, 5) is 16.6. The quantitative estimate of drug-likeness (QED) is 0.812. The molecule has 0 amide bonds. The van der Waals surface area contributed by atoms with Crippen molar-refractivity contribution in [2.45, 2.75) is 6.92 Å². The first kappa shape index (κ1) is 9.51. The van der Waals surface area contributed by atoms with Gasteiger partial charge in [-0.25, -0.2) is 9.97 Å². The van der Waals surface area contributed by atoms with Crippen LogP contribution in [0.25, 0.3) is 11.4 Å². The summed E-state index contributed by atoms with van der Waals surface area (Å²) in [5, 5.41) is 3.13. The minimum atomic E-state index is 0.724. The minimum absolute atomic E-state index is 0.724. The maximum absolute atomic E-state index is 4.24. The summed E-state index contributed by atoms with van der Waals surface area (Å²) in [6.45, 7) is 2.81. The third kappa shape index (κ3) is 2.07. The first-order chi connectivity index (χ1) is 7.42. The molecule has 0 unspecified atom stereocenters. The SMILES string of the molecule is CCNc1nccnc1-c1cnccn1. The maximum atomic E-state index is 4.24. The Balaban J connectivity index is 2.43. The molecule has 0 bridgehead atoms. The highest BCUT2D eigenvalue weighted by molar-refractivity contribution is 5.67. The fourth-order valence-electron chi connectivity index (χ4n) is 1.24. The van der Waals surface area contributed by atoms with Gasteiger partial charge in [0, 0.05) is 31.3 Å². The summed E-state index contributed by atoms with van der Waals surface area (Å²) in [5.74, 6) is 0.737. The van der Waals surface area contributed by atoms with Crippen LogP contribution in [0.3, 0.4) is 0 Å². The Morgan fingerprint density at radius 1 is 1.07 bits per heavy atom. The molecular formula is C10H11N5. The van der Waals surface area contributed by atoms with E-state index in [1.165, 1.54) is 0 Å². The van der Waals surface area contributed by atoms with Gasteiger partial charge in [-0.15, -0.1) is 0 Å². The van der Waals surface area contributed by atoms with Gasteiger partial charge in [0.25, 0.3) is 0 Å². The molecule has 1 N–H and O–H groups in total. The summed E-state index contributed by atoms with van der Waals surface area (Å²) >= 11 is 0. The van der Waals surface area contributed by atoms with Gasteiger partial charge in [0.2, 0.25) is 0 Å². The fraction of sp³-hybridized carbons (Fsp3) is 0.200. The Kier molecular flexibility index (Phi) is 2.82. The number of hydrogen-bond donors (Lipinski definition) is 1. The molecule has 0 atom stereocenters. The van der Waals surface area contributed by atoms with Crippen LogP contribution >= 0.6 is 0 Å². The molecule has 0 fully saturated rings. The van der Waals surface area contributed by atoms with Crippen molar-refractivity contribution in [1.29, 1.82) is 0 Å². The maximum Gasteiger partial charge on any atom is 0.154 e. The molecule has 0 aliphatic heterocycles. The summed E-state index contributed by atoms with van der Waals surface area (Å²) in [5.41, 5.74) is 1.45. The number of nitrogens with zero attached hydrogens (tertiary/aromatic N) is 4. The normalized spacial score (nSPS) is 9.93. The van der Waals surface area contributed by atoms with Gasteiger partial charge < -0.3 is 5.32 Å². The lowest BCUT2D eigenvalue weighted by Gasteiger charge is -2.06. The van der Waals surface area contributed by atoms with Gasteiger partial charge in [-0.05, 0) is 6.92 Å². The molecule has 15 heavy (non-hydrogen) atoms. The van der Waals surface area contributed by atoms with E-state index in [-0.39, 0.29) is 0 Å². The number of anilines is 1. The lowest BCUT2D eigenvalue weighted by molar-refractivity contribution is 1.10. The van der Waals surface area contributed by atoms with E-state index >= 15 is 0 Å². The van der Waals surface area contributed by atoms with Crippen LogP contribution in [0.1, 0.15) is 6.92 Å². The van der Waals surface area contributed by atoms with E-state index in [4.69, 9.17) is 0 Å². The average molecular weight is 201 g/mol. The van der Waals surface area contributed by atoms with Crippen molar-refractivity contribution in [3.63, 3.8) is 0 Å². The minimum Gasteiger partial charge on any atom is -0.368 e. The Hall–Kier alpha value is -2.04. The van der Waals surface area contributed by atoms with E-state index in [9.17, 15) is 0 Å². The van der Waals surface area contributed by atoms with Crippen molar-refractivity contribution in [1.82, 2.24) is 19.9 Å². The second-order valence-corrected chi connectivity index (χ2v) is 2.87. The molecule has 2 rings (SSSR count). The van der Waals surface area contributed by atoms with E-state index < -0.39 is 0 Å². The summed E-state index contributed by atoms with van der Waals surface area (Å²) in [6.07, 6.45) is 8.24. The monoisotopic (exact) mass is 201 g/mol. The van der Waals surface area contributed by atoms with E-state index in [0.29, 0.717) is 0 Å². The molecule has 2 aromatic rings. The third-order valence-electron chi connectivity index (χ3n) is 1.85. The summed E-state index contributed by atoms with van der Waals surface area (Å²) < 4.78 is 0. The van der Waals surface area contributed by atoms with Gasteiger partial charge in [-0.2, -0.15) is 0 Å². The van der Waals surface area contributed by atoms with Gasteiger partial charge in [0.1, 0.15) is 11.4 Å². The zero-order chi connectivity index (χ0) is 10.5. The van der Waals surface area contributed by atoms with Gasteiger partial charge >= 0.3 is 0 Å². The second kappa shape index (κ2) is 4.45. The van der Waals surface area contributed by atoms with Crippen LogP contribution in [0.4, 0.5) is 5.82 Å². The zero-order valence-corrected chi connectivity index (χ0v) is 8.38. The second-order valence-electron chi connectivity index (χ2n) is 2.87. The van der Waals surface area contributed by atoms with Gasteiger partial charge in [-0.1, -0.05) is 0 Å².